The fourth-order valence-electron chi connectivity index (χ4n) is 4.49. The van der Waals surface area contributed by atoms with Gasteiger partial charge in [0.05, 0.1) is 6.42 Å². The summed E-state index contributed by atoms with van der Waals surface area (Å²) in [5, 5.41) is 8.48. The third-order valence-electron chi connectivity index (χ3n) is 6.09. The van der Waals surface area contributed by atoms with Gasteiger partial charge in [-0.2, -0.15) is 0 Å². The maximum Gasteiger partial charge on any atom is 0.227 e. The van der Waals surface area contributed by atoms with E-state index >= 15 is 0 Å². The van der Waals surface area contributed by atoms with Crippen LogP contribution in [0.5, 0.6) is 0 Å². The van der Waals surface area contributed by atoms with Crippen LogP contribution in [-0.4, -0.2) is 51.9 Å². The van der Waals surface area contributed by atoms with E-state index in [9.17, 15) is 9.18 Å². The van der Waals surface area contributed by atoms with E-state index in [0.717, 1.165) is 25.2 Å². The monoisotopic (exact) mass is 372 g/mol. The van der Waals surface area contributed by atoms with E-state index < -0.39 is 0 Å². The van der Waals surface area contributed by atoms with Crippen LogP contribution in [0.2, 0.25) is 0 Å². The van der Waals surface area contributed by atoms with Gasteiger partial charge in [-0.1, -0.05) is 18.2 Å². The molecule has 0 saturated carbocycles. The molecule has 0 radical (unpaired) electrons. The van der Waals surface area contributed by atoms with E-state index in [1.165, 1.54) is 6.07 Å². The Morgan fingerprint density at radius 3 is 2.85 bits per heavy atom. The highest BCUT2D eigenvalue weighted by Crippen LogP contribution is 2.49. The van der Waals surface area contributed by atoms with Crippen LogP contribution in [0.15, 0.2) is 30.6 Å². The van der Waals surface area contributed by atoms with E-state index in [4.69, 9.17) is 4.74 Å². The van der Waals surface area contributed by atoms with E-state index in [2.05, 4.69) is 21.7 Å². The number of carbonyl (C=O) groups is 1. The quantitative estimate of drug-likeness (QED) is 0.827. The van der Waals surface area contributed by atoms with Gasteiger partial charge >= 0.3 is 0 Å². The summed E-state index contributed by atoms with van der Waals surface area (Å²) in [6.07, 6.45) is 3.65. The van der Waals surface area contributed by atoms with Gasteiger partial charge in [0, 0.05) is 44.2 Å². The van der Waals surface area contributed by atoms with E-state index in [0.29, 0.717) is 31.9 Å². The molecule has 1 spiro atoms. The van der Waals surface area contributed by atoms with Gasteiger partial charge in [-0.25, -0.2) is 4.39 Å². The predicted octanol–water partition coefficient (Wildman–Crippen LogP) is 2.40. The summed E-state index contributed by atoms with van der Waals surface area (Å²) in [6.45, 7) is 5.54. The molecule has 2 aromatic rings. The molecule has 7 heteroatoms. The minimum absolute atomic E-state index is 0.0315. The Morgan fingerprint density at radius 1 is 1.33 bits per heavy atom. The highest BCUT2D eigenvalue weighted by Gasteiger charge is 2.50. The number of likely N-dealkylation sites (tertiary alicyclic amines) is 1. The number of aromatic nitrogens is 3. The van der Waals surface area contributed by atoms with Gasteiger partial charge < -0.3 is 14.2 Å². The Morgan fingerprint density at radius 2 is 2.11 bits per heavy atom. The van der Waals surface area contributed by atoms with Crippen LogP contribution in [0.25, 0.3) is 0 Å². The number of hydrogen-bond donors (Lipinski definition) is 0. The Kier molecular flexibility index (Phi) is 4.95. The zero-order chi connectivity index (χ0) is 18.9. The molecule has 4 rings (SSSR count). The molecular weight excluding hydrogens is 347 g/mol. The SMILES string of the molecule is CCn1cnnc1C1CN(C(=O)Cc2ccccc2F)CC12CCOCC2. The van der Waals surface area contributed by atoms with Crippen LogP contribution >= 0.6 is 0 Å². The second-order valence-corrected chi connectivity index (χ2v) is 7.54. The van der Waals surface area contributed by atoms with Gasteiger partial charge in [0.1, 0.15) is 18.0 Å². The number of ether oxygens (including phenoxy) is 1. The first kappa shape index (κ1) is 18.1. The minimum atomic E-state index is -0.326. The van der Waals surface area contributed by atoms with E-state index in [1.807, 2.05) is 4.90 Å². The summed E-state index contributed by atoms with van der Waals surface area (Å²) in [5.41, 5.74) is 0.409. The molecule has 2 aliphatic rings. The highest BCUT2D eigenvalue weighted by molar-refractivity contribution is 5.79. The highest BCUT2D eigenvalue weighted by atomic mass is 19.1. The maximum atomic E-state index is 14.0. The summed E-state index contributed by atoms with van der Waals surface area (Å²) >= 11 is 0. The number of benzene rings is 1. The van der Waals surface area contributed by atoms with Crippen molar-refractivity contribution in [1.82, 2.24) is 19.7 Å². The number of halogens is 1. The normalized spacial score (nSPS) is 21.7. The topological polar surface area (TPSA) is 60.2 Å². The fourth-order valence-corrected chi connectivity index (χ4v) is 4.49. The fraction of sp³-hybridized carbons (Fsp3) is 0.550. The lowest BCUT2D eigenvalue weighted by molar-refractivity contribution is -0.130. The van der Waals surface area contributed by atoms with Crippen LogP contribution in [0.4, 0.5) is 4.39 Å². The van der Waals surface area contributed by atoms with Crippen LogP contribution in [0.3, 0.4) is 0 Å². The van der Waals surface area contributed by atoms with Gasteiger partial charge in [-0.05, 0) is 31.4 Å². The molecule has 1 atom stereocenters. The molecule has 1 aromatic carbocycles. The lowest BCUT2D eigenvalue weighted by Gasteiger charge is -2.37. The van der Waals surface area contributed by atoms with Crippen LogP contribution in [0.1, 0.15) is 37.1 Å². The van der Waals surface area contributed by atoms with Crippen molar-refractivity contribution in [1.29, 1.82) is 0 Å². The Labute approximate surface area is 158 Å². The van der Waals surface area contributed by atoms with Crippen LogP contribution < -0.4 is 0 Å². The van der Waals surface area contributed by atoms with Gasteiger partial charge in [0.15, 0.2) is 0 Å². The molecule has 144 valence electrons. The van der Waals surface area contributed by atoms with Crippen molar-refractivity contribution >= 4 is 5.91 Å². The van der Waals surface area contributed by atoms with Crippen molar-refractivity contribution in [3.63, 3.8) is 0 Å². The molecule has 1 aromatic heterocycles. The van der Waals surface area contributed by atoms with Crippen molar-refractivity contribution in [2.75, 3.05) is 26.3 Å². The number of nitrogens with zero attached hydrogens (tertiary/aromatic N) is 4. The average Bonchev–Trinajstić information content (AvgIpc) is 3.28. The van der Waals surface area contributed by atoms with Crippen LogP contribution in [-0.2, 0) is 22.5 Å². The lowest BCUT2D eigenvalue weighted by Crippen LogP contribution is -2.38. The van der Waals surface area contributed by atoms with Crippen molar-refractivity contribution in [2.45, 2.75) is 38.6 Å². The largest absolute Gasteiger partial charge is 0.381 e. The van der Waals surface area contributed by atoms with Gasteiger partial charge in [0.25, 0.3) is 0 Å². The van der Waals surface area contributed by atoms with Gasteiger partial charge in [-0.15, -0.1) is 10.2 Å². The molecule has 0 N–H and O–H groups in total. The number of hydrogen-bond acceptors (Lipinski definition) is 4. The smallest absolute Gasteiger partial charge is 0.227 e. The Balaban J connectivity index is 1.59. The summed E-state index contributed by atoms with van der Waals surface area (Å²) in [7, 11) is 0. The molecule has 27 heavy (non-hydrogen) atoms. The number of carbonyl (C=O) groups excluding carboxylic acids is 1. The van der Waals surface area contributed by atoms with E-state index in [-0.39, 0.29) is 29.5 Å². The first-order valence-electron chi connectivity index (χ1n) is 9.59. The molecule has 1 amide bonds. The van der Waals surface area contributed by atoms with Crippen molar-refractivity contribution in [3.05, 3.63) is 47.8 Å². The first-order valence-corrected chi connectivity index (χ1v) is 9.59. The standard InChI is InChI=1S/C20H25FN4O2/c1-2-24-14-22-23-19(24)16-12-25(13-20(16)7-9-27-10-8-20)18(26)11-15-5-3-4-6-17(15)21/h3-6,14,16H,2,7-13H2,1H3. The van der Waals surface area contributed by atoms with Crippen molar-refractivity contribution in [2.24, 2.45) is 5.41 Å². The predicted molar refractivity (Wildman–Crippen MR) is 97.6 cm³/mol. The molecule has 6 nitrogen and oxygen atoms in total. The molecular formula is C20H25FN4O2. The summed E-state index contributed by atoms with van der Waals surface area (Å²) < 4.78 is 21.6. The Hall–Kier alpha value is -2.28. The maximum absolute atomic E-state index is 14.0. The minimum Gasteiger partial charge on any atom is -0.381 e. The zero-order valence-corrected chi connectivity index (χ0v) is 15.6. The number of rotatable bonds is 4. The lowest BCUT2D eigenvalue weighted by atomic mass is 9.71. The van der Waals surface area contributed by atoms with Crippen molar-refractivity contribution < 1.29 is 13.9 Å². The number of amides is 1. The average molecular weight is 372 g/mol. The molecule has 2 saturated heterocycles. The van der Waals surface area contributed by atoms with Crippen LogP contribution in [0, 0.1) is 11.2 Å². The molecule has 2 aliphatic heterocycles. The van der Waals surface area contributed by atoms with Gasteiger partial charge in [-0.3, -0.25) is 4.79 Å². The third-order valence-corrected chi connectivity index (χ3v) is 6.09. The second-order valence-electron chi connectivity index (χ2n) is 7.54. The first-order chi connectivity index (χ1) is 13.1. The van der Waals surface area contributed by atoms with Gasteiger partial charge in [0.2, 0.25) is 5.91 Å². The zero-order valence-electron chi connectivity index (χ0n) is 15.6. The Bertz CT molecular complexity index is 816. The molecule has 1 unspecified atom stereocenters. The summed E-state index contributed by atoms with van der Waals surface area (Å²) in [6, 6.07) is 6.49. The van der Waals surface area contributed by atoms with E-state index in [1.54, 1.807) is 24.5 Å². The molecule has 0 aliphatic carbocycles. The number of aryl methyl sites for hydroxylation is 1. The molecule has 3 heterocycles. The molecule has 0 bridgehead atoms. The third kappa shape index (κ3) is 3.36. The second kappa shape index (κ2) is 7.38. The molecule has 2 fully saturated rings. The summed E-state index contributed by atoms with van der Waals surface area (Å²) in [4.78, 5) is 14.8. The van der Waals surface area contributed by atoms with Crippen molar-refractivity contribution in [3.8, 4) is 0 Å². The summed E-state index contributed by atoms with van der Waals surface area (Å²) in [5.74, 6) is 0.721.